The first kappa shape index (κ1) is 29.3. The smallest absolute Gasteiger partial charge is 0.255 e. The van der Waals surface area contributed by atoms with E-state index in [-0.39, 0.29) is 29.7 Å². The van der Waals surface area contributed by atoms with Crippen molar-refractivity contribution in [1.29, 1.82) is 0 Å². The van der Waals surface area contributed by atoms with Crippen LogP contribution in [0, 0.1) is 11.8 Å². The number of aliphatic hydroxyl groups is 3. The predicted octanol–water partition coefficient (Wildman–Crippen LogP) is 1.25. The van der Waals surface area contributed by atoms with E-state index in [1.165, 1.54) is 4.90 Å². The molecule has 6 rings (SSSR count). The SMILES string of the molecule is CN(C)[C@@H]1CCN(Cc2ccc3cc4c(c(O)c3c2)C(O)=C2C(=O)[C@]3(O)C(O)=C(C(N)=O)C(=O)[C@@H](N(C)C)[C@@H]3C[C@@H]2C4)C1. The Bertz CT molecular complexity index is 1640. The lowest BCUT2D eigenvalue weighted by molar-refractivity contribution is -0.153. The molecule has 1 amide bonds. The molecule has 6 N–H and O–H groups in total. The Morgan fingerprint density at radius 3 is 2.44 bits per heavy atom. The fourth-order valence-corrected chi connectivity index (χ4v) is 7.79. The lowest BCUT2D eigenvalue weighted by atomic mass is 9.57. The van der Waals surface area contributed by atoms with Crippen molar-refractivity contribution in [2.75, 3.05) is 41.3 Å². The summed E-state index contributed by atoms with van der Waals surface area (Å²) in [6, 6.07) is 7.15. The zero-order valence-electron chi connectivity index (χ0n) is 24.8. The number of rotatable bonds is 5. The minimum absolute atomic E-state index is 0.0628. The highest BCUT2D eigenvalue weighted by atomic mass is 16.3. The topological polar surface area (TPSA) is 168 Å². The quantitative estimate of drug-likeness (QED) is 0.320. The van der Waals surface area contributed by atoms with Gasteiger partial charge in [-0.05, 0) is 76.0 Å². The molecular weight excluding hydrogens is 552 g/mol. The molecule has 1 saturated carbocycles. The lowest BCUT2D eigenvalue weighted by Gasteiger charge is -2.50. The highest BCUT2D eigenvalue weighted by molar-refractivity contribution is 6.24. The van der Waals surface area contributed by atoms with Gasteiger partial charge in [0.15, 0.2) is 11.4 Å². The van der Waals surface area contributed by atoms with Gasteiger partial charge < -0.3 is 31.1 Å². The molecule has 11 heteroatoms. The number of aliphatic hydroxyl groups excluding tert-OH is 2. The number of phenols is 1. The van der Waals surface area contributed by atoms with Gasteiger partial charge >= 0.3 is 0 Å². The third kappa shape index (κ3) is 4.28. The molecule has 3 aliphatic carbocycles. The molecule has 0 bridgehead atoms. The summed E-state index contributed by atoms with van der Waals surface area (Å²) in [4.78, 5) is 45.5. The van der Waals surface area contributed by atoms with E-state index < -0.39 is 58.0 Å². The number of aromatic hydroxyl groups is 1. The number of amides is 1. The van der Waals surface area contributed by atoms with Crippen molar-refractivity contribution in [2.24, 2.45) is 17.6 Å². The maximum absolute atomic E-state index is 14.1. The van der Waals surface area contributed by atoms with Gasteiger partial charge in [-0.15, -0.1) is 0 Å². The van der Waals surface area contributed by atoms with Crippen LogP contribution in [0.25, 0.3) is 16.5 Å². The molecule has 0 aromatic heterocycles. The summed E-state index contributed by atoms with van der Waals surface area (Å²) < 4.78 is 0. The zero-order valence-corrected chi connectivity index (χ0v) is 24.8. The van der Waals surface area contributed by atoms with E-state index >= 15 is 0 Å². The predicted molar refractivity (Wildman–Crippen MR) is 159 cm³/mol. The van der Waals surface area contributed by atoms with Crippen LogP contribution in [0.5, 0.6) is 5.75 Å². The molecule has 2 aromatic rings. The Balaban J connectivity index is 1.43. The first-order valence-corrected chi connectivity index (χ1v) is 14.6. The van der Waals surface area contributed by atoms with Gasteiger partial charge in [0.05, 0.1) is 11.6 Å². The Kier molecular flexibility index (Phi) is 6.92. The number of hydrogen-bond acceptors (Lipinski definition) is 10. The summed E-state index contributed by atoms with van der Waals surface area (Å²) in [7, 11) is 7.32. The van der Waals surface area contributed by atoms with Crippen molar-refractivity contribution in [3.63, 3.8) is 0 Å². The standard InChI is InChI=1S/C32H38N4O7/c1-34(2)19-7-8-36(14-19)13-15-5-6-16-10-17-11-18-12-21-25(35(3)4)28(39)24(31(33)42)30(41)32(21,43)29(40)23(18)27(38)22(17)26(37)20(16)9-15/h5-6,9-10,18-19,21,25,37-38,41,43H,7-8,11-14H2,1-4H3,(H2,33,42)/t18-,19+,21-,25-,32-/m0/s1. The van der Waals surface area contributed by atoms with Crippen molar-refractivity contribution < 1.29 is 34.8 Å². The van der Waals surface area contributed by atoms with Gasteiger partial charge in [0.1, 0.15) is 22.8 Å². The van der Waals surface area contributed by atoms with E-state index in [2.05, 4.69) is 23.9 Å². The molecule has 0 spiro atoms. The van der Waals surface area contributed by atoms with Gasteiger partial charge in [-0.25, -0.2) is 0 Å². The average molecular weight is 591 g/mol. The number of carbonyl (C=O) groups is 3. The normalized spacial score (nSPS) is 29.5. The highest BCUT2D eigenvalue weighted by Crippen LogP contribution is 2.53. The summed E-state index contributed by atoms with van der Waals surface area (Å²) in [5.41, 5.74) is 3.53. The molecule has 1 heterocycles. The Labute approximate surface area is 249 Å². The van der Waals surface area contributed by atoms with Crippen LogP contribution in [0.2, 0.25) is 0 Å². The number of nitrogens with two attached hydrogens (primary N) is 1. The van der Waals surface area contributed by atoms with Crippen molar-refractivity contribution in [2.45, 2.75) is 43.5 Å². The van der Waals surface area contributed by atoms with E-state index in [1.807, 2.05) is 24.3 Å². The second-order valence-electron chi connectivity index (χ2n) is 12.9. The number of Topliss-reactive ketones (excluding diaryl/α,β-unsaturated/α-hetero) is 2. The van der Waals surface area contributed by atoms with Crippen LogP contribution in [-0.2, 0) is 27.3 Å². The van der Waals surface area contributed by atoms with E-state index in [4.69, 9.17) is 5.73 Å². The number of hydrogen-bond donors (Lipinski definition) is 5. The average Bonchev–Trinajstić information content (AvgIpc) is 3.39. The van der Waals surface area contributed by atoms with E-state index in [0.717, 1.165) is 30.5 Å². The summed E-state index contributed by atoms with van der Waals surface area (Å²) >= 11 is 0. The number of benzene rings is 2. The van der Waals surface area contributed by atoms with Gasteiger partial charge in [-0.2, -0.15) is 0 Å². The van der Waals surface area contributed by atoms with Gasteiger partial charge in [0.2, 0.25) is 5.78 Å². The molecule has 2 aromatic carbocycles. The molecule has 4 aliphatic rings. The van der Waals surface area contributed by atoms with Crippen LogP contribution in [0.1, 0.15) is 29.5 Å². The van der Waals surface area contributed by atoms with Crippen molar-refractivity contribution in [3.8, 4) is 5.75 Å². The molecular formula is C32H38N4O7. The number of ketones is 2. The van der Waals surface area contributed by atoms with Gasteiger partial charge in [0, 0.05) is 42.6 Å². The number of likely N-dealkylation sites (N-methyl/N-ethyl adjacent to an activating group) is 2. The van der Waals surface area contributed by atoms with Crippen LogP contribution in [0.15, 0.2) is 41.2 Å². The maximum atomic E-state index is 14.1. The molecule has 5 atom stereocenters. The fourth-order valence-electron chi connectivity index (χ4n) is 7.79. The van der Waals surface area contributed by atoms with Crippen molar-refractivity contribution in [3.05, 3.63) is 57.9 Å². The van der Waals surface area contributed by atoms with Gasteiger partial charge in [-0.3, -0.25) is 24.2 Å². The summed E-state index contributed by atoms with van der Waals surface area (Å²) in [6.45, 7) is 2.62. The van der Waals surface area contributed by atoms with Crippen LogP contribution in [-0.4, -0.2) is 112 Å². The van der Waals surface area contributed by atoms with Crippen molar-refractivity contribution >= 4 is 34.0 Å². The van der Waals surface area contributed by atoms with E-state index in [1.54, 1.807) is 14.1 Å². The zero-order chi connectivity index (χ0) is 31.1. The fraction of sp³-hybridized carbons (Fsp3) is 0.469. The maximum Gasteiger partial charge on any atom is 0.255 e. The molecule has 11 nitrogen and oxygen atoms in total. The Hall–Kier alpha value is -3.77. The highest BCUT2D eigenvalue weighted by Gasteiger charge is 2.64. The summed E-state index contributed by atoms with van der Waals surface area (Å²) in [5.74, 6) is -6.46. The minimum Gasteiger partial charge on any atom is -0.508 e. The van der Waals surface area contributed by atoms with Crippen LogP contribution in [0.4, 0.5) is 0 Å². The molecule has 0 radical (unpaired) electrons. The molecule has 2 fully saturated rings. The van der Waals surface area contributed by atoms with E-state index in [9.17, 15) is 34.8 Å². The van der Waals surface area contributed by atoms with Crippen LogP contribution >= 0.6 is 0 Å². The monoisotopic (exact) mass is 590 g/mol. The Morgan fingerprint density at radius 1 is 1.09 bits per heavy atom. The molecule has 1 aliphatic heterocycles. The first-order chi connectivity index (χ1) is 20.2. The molecule has 0 unspecified atom stereocenters. The minimum atomic E-state index is -2.65. The Morgan fingerprint density at radius 2 is 1.81 bits per heavy atom. The van der Waals surface area contributed by atoms with Gasteiger partial charge in [-0.1, -0.05) is 18.2 Å². The summed E-state index contributed by atoms with van der Waals surface area (Å²) in [5, 5.41) is 47.2. The third-order valence-corrected chi connectivity index (χ3v) is 9.97. The molecule has 228 valence electrons. The van der Waals surface area contributed by atoms with Crippen molar-refractivity contribution in [1.82, 2.24) is 14.7 Å². The number of primary amides is 1. The number of nitrogens with zero attached hydrogens (tertiary/aromatic N) is 3. The number of fused-ring (bicyclic) bond motifs is 4. The largest absolute Gasteiger partial charge is 0.508 e. The number of likely N-dealkylation sites (tertiary alicyclic amines) is 1. The third-order valence-electron chi connectivity index (χ3n) is 9.97. The lowest BCUT2D eigenvalue weighted by Crippen LogP contribution is -2.65. The number of carbonyl (C=O) groups excluding carboxylic acids is 3. The molecule has 43 heavy (non-hydrogen) atoms. The summed E-state index contributed by atoms with van der Waals surface area (Å²) in [6.07, 6.45) is 1.41. The first-order valence-electron chi connectivity index (χ1n) is 14.6. The van der Waals surface area contributed by atoms with E-state index in [0.29, 0.717) is 23.5 Å². The van der Waals surface area contributed by atoms with Gasteiger partial charge in [0.25, 0.3) is 5.91 Å². The number of phenolic OH excluding ortho intramolecular Hbond substituents is 1. The van der Waals surface area contributed by atoms with Crippen LogP contribution in [0.3, 0.4) is 0 Å². The second-order valence-corrected chi connectivity index (χ2v) is 12.9. The van der Waals surface area contributed by atoms with Crippen LogP contribution < -0.4 is 5.73 Å². The molecule has 1 saturated heterocycles. The second kappa shape index (κ2) is 10.2.